The lowest BCUT2D eigenvalue weighted by Crippen LogP contribution is -2.30. The Kier molecular flexibility index (Phi) is 61.1. The van der Waals surface area contributed by atoms with E-state index in [-0.39, 0.29) is 25.7 Å². The summed E-state index contributed by atoms with van der Waals surface area (Å²) in [5.74, 6) is -1.34. The Labute approximate surface area is 537 Å². The van der Waals surface area contributed by atoms with Gasteiger partial charge in [0.1, 0.15) is 19.3 Å². The van der Waals surface area contributed by atoms with E-state index in [0.717, 1.165) is 95.8 Å². The lowest BCUT2D eigenvalue weighted by atomic mass is 9.99. The van der Waals surface area contributed by atoms with E-state index in [9.17, 15) is 43.2 Å². The topological polar surface area (TPSA) is 237 Å². The normalized spacial score (nSPS) is 14.4. The van der Waals surface area contributed by atoms with Crippen LogP contribution in [0.3, 0.4) is 0 Å². The Morgan fingerprint density at radius 2 is 0.545 bits per heavy atom. The van der Waals surface area contributed by atoms with E-state index in [0.29, 0.717) is 25.7 Å². The molecule has 6 atom stereocenters. The number of esters is 4. The van der Waals surface area contributed by atoms with Crippen LogP contribution in [0.2, 0.25) is 0 Å². The average Bonchev–Trinajstić information content (AvgIpc) is 3.63. The molecule has 522 valence electrons. The van der Waals surface area contributed by atoms with Crippen LogP contribution in [0.5, 0.6) is 0 Å². The van der Waals surface area contributed by atoms with Gasteiger partial charge in [-0.05, 0) is 31.6 Å². The third-order valence-corrected chi connectivity index (χ3v) is 18.3. The lowest BCUT2D eigenvalue weighted by molar-refractivity contribution is -0.161. The fraction of sp³-hybridized carbons (Fsp3) is 0.942. The number of phosphoric ester groups is 2. The van der Waals surface area contributed by atoms with Crippen molar-refractivity contribution in [3.05, 3.63) is 0 Å². The Morgan fingerprint density at radius 1 is 0.318 bits per heavy atom. The molecular formula is C69H134O17P2. The molecule has 19 heteroatoms. The van der Waals surface area contributed by atoms with Crippen LogP contribution in [0.15, 0.2) is 0 Å². The van der Waals surface area contributed by atoms with Gasteiger partial charge in [-0.25, -0.2) is 9.13 Å². The van der Waals surface area contributed by atoms with Gasteiger partial charge >= 0.3 is 39.5 Å². The number of aliphatic hydroxyl groups is 1. The predicted molar refractivity (Wildman–Crippen MR) is 354 cm³/mol. The molecule has 0 saturated carbocycles. The zero-order chi connectivity index (χ0) is 64.9. The molecule has 0 fully saturated rings. The number of ether oxygens (including phenoxy) is 4. The zero-order valence-electron chi connectivity index (χ0n) is 56.9. The third kappa shape index (κ3) is 61.6. The van der Waals surface area contributed by atoms with Crippen molar-refractivity contribution in [2.45, 2.75) is 374 Å². The minimum absolute atomic E-state index is 0.107. The molecule has 17 nitrogen and oxygen atoms in total. The van der Waals surface area contributed by atoms with E-state index in [1.54, 1.807) is 0 Å². The highest BCUT2D eigenvalue weighted by Gasteiger charge is 2.30. The maximum atomic E-state index is 13.0. The maximum Gasteiger partial charge on any atom is 0.472 e. The first-order valence-corrected chi connectivity index (χ1v) is 39.2. The molecule has 0 aliphatic rings. The summed E-state index contributed by atoms with van der Waals surface area (Å²) in [6.45, 7) is 7.24. The van der Waals surface area contributed by atoms with Crippen LogP contribution in [-0.4, -0.2) is 96.7 Å². The van der Waals surface area contributed by atoms with Crippen LogP contribution in [0.25, 0.3) is 0 Å². The molecule has 0 spiro atoms. The molecule has 0 rings (SSSR count). The number of carbonyl (C=O) groups is 4. The third-order valence-electron chi connectivity index (χ3n) is 16.4. The molecule has 0 radical (unpaired) electrons. The zero-order valence-corrected chi connectivity index (χ0v) is 58.6. The Balaban J connectivity index is 5.26. The van der Waals surface area contributed by atoms with Crippen molar-refractivity contribution in [2.75, 3.05) is 39.6 Å². The van der Waals surface area contributed by atoms with Crippen molar-refractivity contribution >= 4 is 39.5 Å². The molecular weight excluding hydrogens is 1160 g/mol. The highest BCUT2D eigenvalue weighted by molar-refractivity contribution is 7.47. The minimum atomic E-state index is -4.95. The molecule has 0 aromatic carbocycles. The van der Waals surface area contributed by atoms with Crippen LogP contribution < -0.4 is 0 Å². The van der Waals surface area contributed by atoms with Crippen LogP contribution in [0.1, 0.15) is 356 Å². The molecule has 0 amide bonds. The number of rotatable bonds is 69. The summed E-state index contributed by atoms with van der Waals surface area (Å²) in [7, 11) is -9.90. The van der Waals surface area contributed by atoms with E-state index < -0.39 is 97.5 Å². The van der Waals surface area contributed by atoms with Crippen LogP contribution in [0, 0.1) is 5.92 Å². The first-order chi connectivity index (χ1) is 42.6. The van der Waals surface area contributed by atoms with Gasteiger partial charge in [0, 0.05) is 25.7 Å². The van der Waals surface area contributed by atoms with Gasteiger partial charge in [-0.1, -0.05) is 304 Å². The predicted octanol–water partition coefficient (Wildman–Crippen LogP) is 19.7. The average molecular weight is 1300 g/mol. The standard InChI is InChI=1S/C69H134O17P2/c1-6-10-13-16-19-22-25-27-30-33-40-45-50-55-69(74)86-65(59-80-67(72)53-48-43-38-35-34-36-41-46-51-62(5)9-4)61-84-88(77,78)82-57-63(70)56-81-87(75,76)83-60-64(58-79-66(71)52-47-42-37-31-28-24-21-18-15-12-8-3)85-68(73)54-49-44-39-32-29-26-23-20-17-14-11-7-2/h62-65,70H,6-61H2,1-5H3,(H,75,76)(H,77,78)/t62?,63-,64+,65+/m0/s1. The van der Waals surface area contributed by atoms with E-state index in [1.807, 2.05) is 0 Å². The molecule has 3 N–H and O–H groups in total. The summed E-state index contributed by atoms with van der Waals surface area (Å²) in [6, 6.07) is 0. The fourth-order valence-corrected chi connectivity index (χ4v) is 12.0. The quantitative estimate of drug-likeness (QED) is 0.0222. The lowest BCUT2D eigenvalue weighted by Gasteiger charge is -2.21. The molecule has 0 aliphatic heterocycles. The second kappa shape index (κ2) is 62.5. The van der Waals surface area contributed by atoms with Gasteiger partial charge in [0.05, 0.1) is 26.4 Å². The Morgan fingerprint density at radius 3 is 0.807 bits per heavy atom. The second-order valence-electron chi connectivity index (χ2n) is 25.2. The number of hydrogen-bond acceptors (Lipinski definition) is 15. The molecule has 0 bridgehead atoms. The van der Waals surface area contributed by atoms with Gasteiger partial charge in [0.2, 0.25) is 0 Å². The number of aliphatic hydroxyl groups excluding tert-OH is 1. The van der Waals surface area contributed by atoms with Gasteiger partial charge < -0.3 is 33.8 Å². The van der Waals surface area contributed by atoms with Crippen molar-refractivity contribution in [2.24, 2.45) is 5.92 Å². The smallest absolute Gasteiger partial charge is 0.462 e. The van der Waals surface area contributed by atoms with Gasteiger partial charge in [-0.3, -0.25) is 37.3 Å². The van der Waals surface area contributed by atoms with Crippen LogP contribution >= 0.6 is 15.6 Å². The molecule has 0 aromatic heterocycles. The number of phosphoric acid groups is 2. The molecule has 0 heterocycles. The van der Waals surface area contributed by atoms with Gasteiger partial charge in [0.15, 0.2) is 12.2 Å². The highest BCUT2D eigenvalue weighted by atomic mass is 31.2. The van der Waals surface area contributed by atoms with E-state index in [1.165, 1.54) is 180 Å². The summed E-state index contributed by atoms with van der Waals surface area (Å²) >= 11 is 0. The minimum Gasteiger partial charge on any atom is -0.462 e. The first kappa shape index (κ1) is 86.1. The number of unbranched alkanes of at least 4 members (excludes halogenated alkanes) is 40. The van der Waals surface area contributed by atoms with E-state index in [4.69, 9.17) is 37.0 Å². The van der Waals surface area contributed by atoms with Crippen molar-refractivity contribution in [1.29, 1.82) is 0 Å². The van der Waals surface area contributed by atoms with Gasteiger partial charge in [-0.15, -0.1) is 0 Å². The van der Waals surface area contributed by atoms with Crippen LogP contribution in [-0.2, 0) is 65.4 Å². The van der Waals surface area contributed by atoms with Crippen molar-refractivity contribution in [3.63, 3.8) is 0 Å². The summed E-state index contributed by atoms with van der Waals surface area (Å²) in [5, 5.41) is 10.6. The van der Waals surface area contributed by atoms with E-state index >= 15 is 0 Å². The number of hydrogen-bond donors (Lipinski definition) is 3. The largest absolute Gasteiger partial charge is 0.472 e. The molecule has 0 aliphatic carbocycles. The second-order valence-corrected chi connectivity index (χ2v) is 28.1. The molecule has 88 heavy (non-hydrogen) atoms. The first-order valence-electron chi connectivity index (χ1n) is 36.2. The summed E-state index contributed by atoms with van der Waals surface area (Å²) < 4.78 is 68.3. The van der Waals surface area contributed by atoms with Crippen molar-refractivity contribution in [1.82, 2.24) is 0 Å². The Bertz CT molecular complexity index is 1710. The molecule has 0 aromatic rings. The molecule has 3 unspecified atom stereocenters. The van der Waals surface area contributed by atoms with E-state index in [2.05, 4.69) is 34.6 Å². The summed E-state index contributed by atoms with van der Waals surface area (Å²) in [6.07, 6.45) is 48.3. The SMILES string of the molecule is CCCCCCCCCCCCCCCC(=O)O[C@H](COC(=O)CCCCCCCCCCC(C)CC)COP(=O)(O)OC[C@@H](O)COP(=O)(O)OC[C@@H](COC(=O)CCCCCCCCCCCCC)OC(=O)CCCCCCCCCCCCCC. The number of carbonyl (C=O) groups excluding carboxylic acids is 4. The van der Waals surface area contributed by atoms with Crippen LogP contribution in [0.4, 0.5) is 0 Å². The van der Waals surface area contributed by atoms with Crippen molar-refractivity contribution < 1.29 is 80.2 Å². The summed E-state index contributed by atoms with van der Waals surface area (Å²) in [4.78, 5) is 72.5. The maximum absolute atomic E-state index is 13.0. The van der Waals surface area contributed by atoms with Gasteiger partial charge in [-0.2, -0.15) is 0 Å². The van der Waals surface area contributed by atoms with Crippen molar-refractivity contribution in [3.8, 4) is 0 Å². The monoisotopic (exact) mass is 1300 g/mol. The van der Waals surface area contributed by atoms with Gasteiger partial charge in [0.25, 0.3) is 0 Å². The Hall–Kier alpha value is -1.94. The fourth-order valence-electron chi connectivity index (χ4n) is 10.4. The summed E-state index contributed by atoms with van der Waals surface area (Å²) in [5.41, 5.74) is 0. The highest BCUT2D eigenvalue weighted by Crippen LogP contribution is 2.45. The molecule has 0 saturated heterocycles.